The van der Waals surface area contributed by atoms with Crippen LogP contribution in [0.4, 0.5) is 0 Å². The summed E-state index contributed by atoms with van der Waals surface area (Å²) in [6, 6.07) is 6.89. The maximum Gasteiger partial charge on any atom is 0.253 e. The second-order valence-corrected chi connectivity index (χ2v) is 5.94. The molecule has 1 amide bonds. The highest BCUT2D eigenvalue weighted by molar-refractivity contribution is 5.99. The van der Waals surface area contributed by atoms with Crippen molar-refractivity contribution in [3.63, 3.8) is 0 Å². The second-order valence-electron chi connectivity index (χ2n) is 5.94. The van der Waals surface area contributed by atoms with Crippen molar-refractivity contribution < 1.29 is 14.7 Å². The van der Waals surface area contributed by atoms with E-state index in [2.05, 4.69) is 0 Å². The number of hydrogen-bond acceptors (Lipinski definition) is 3. The molecule has 1 saturated heterocycles. The van der Waals surface area contributed by atoms with Gasteiger partial charge in [0.1, 0.15) is 0 Å². The second kappa shape index (κ2) is 5.02. The van der Waals surface area contributed by atoms with Gasteiger partial charge in [-0.05, 0) is 31.9 Å². The third-order valence-corrected chi connectivity index (χ3v) is 4.59. The molecule has 3 atom stereocenters. The molecule has 20 heavy (non-hydrogen) atoms. The van der Waals surface area contributed by atoms with E-state index in [4.69, 9.17) is 0 Å². The van der Waals surface area contributed by atoms with Gasteiger partial charge in [0, 0.05) is 36.1 Å². The number of carbonyl (C=O) groups is 2. The lowest BCUT2D eigenvalue weighted by Gasteiger charge is -2.35. The largest absolute Gasteiger partial charge is 0.392 e. The van der Waals surface area contributed by atoms with Crippen molar-refractivity contribution >= 4 is 11.7 Å². The molecular weight excluding hydrogens is 254 g/mol. The van der Waals surface area contributed by atoms with Crippen molar-refractivity contribution in [2.24, 2.45) is 11.8 Å². The Bertz CT molecular complexity index is 540. The van der Waals surface area contributed by atoms with Gasteiger partial charge >= 0.3 is 0 Å². The van der Waals surface area contributed by atoms with Crippen molar-refractivity contribution in [1.82, 2.24) is 4.90 Å². The Morgan fingerprint density at radius 3 is 2.35 bits per heavy atom. The molecule has 1 aliphatic carbocycles. The number of piperidine rings is 1. The number of amides is 1. The average Bonchev–Trinajstić information content (AvgIpc) is 2.68. The fourth-order valence-electron chi connectivity index (χ4n) is 3.41. The van der Waals surface area contributed by atoms with Gasteiger partial charge in [-0.25, -0.2) is 0 Å². The number of nitrogens with zero attached hydrogens (tertiary/aromatic N) is 1. The fraction of sp³-hybridized carbons (Fsp3) is 0.500. The standard InChI is InChI=1S/C16H19NO3/c1-10(18)11-3-2-4-12(7-11)16(20)17-8-13-5-6-14(9-17)15(13)19/h2-4,7,13-15,19H,5-6,8-9H2,1H3/t13-,14+,15?. The zero-order valence-electron chi connectivity index (χ0n) is 11.6. The molecule has 1 unspecified atom stereocenters. The van der Waals surface area contributed by atoms with E-state index in [0.29, 0.717) is 24.2 Å². The molecule has 4 heteroatoms. The summed E-state index contributed by atoms with van der Waals surface area (Å²) >= 11 is 0. The van der Waals surface area contributed by atoms with Crippen LogP contribution in [0.5, 0.6) is 0 Å². The predicted molar refractivity (Wildman–Crippen MR) is 74.6 cm³/mol. The van der Waals surface area contributed by atoms with Gasteiger partial charge in [-0.1, -0.05) is 12.1 Å². The van der Waals surface area contributed by atoms with Crippen molar-refractivity contribution in [2.75, 3.05) is 13.1 Å². The molecule has 1 aromatic carbocycles. The molecule has 0 radical (unpaired) electrons. The van der Waals surface area contributed by atoms with Crippen LogP contribution < -0.4 is 0 Å². The van der Waals surface area contributed by atoms with Crippen LogP contribution in [-0.2, 0) is 0 Å². The quantitative estimate of drug-likeness (QED) is 0.835. The molecule has 0 aromatic heterocycles. The Morgan fingerprint density at radius 2 is 1.75 bits per heavy atom. The van der Waals surface area contributed by atoms with E-state index in [1.807, 2.05) is 4.90 Å². The lowest BCUT2D eigenvalue weighted by Crippen LogP contribution is -2.47. The Labute approximate surface area is 118 Å². The normalized spacial score (nSPS) is 28.5. The minimum absolute atomic E-state index is 0.0306. The highest BCUT2D eigenvalue weighted by Gasteiger charge is 2.42. The van der Waals surface area contributed by atoms with E-state index >= 15 is 0 Å². The van der Waals surface area contributed by atoms with Crippen molar-refractivity contribution in [3.05, 3.63) is 35.4 Å². The maximum atomic E-state index is 12.5. The molecule has 3 rings (SSSR count). The third kappa shape index (κ3) is 2.24. The lowest BCUT2D eigenvalue weighted by molar-refractivity contribution is 0.0166. The number of aliphatic hydroxyl groups excluding tert-OH is 1. The molecule has 1 aromatic rings. The Kier molecular flexibility index (Phi) is 3.34. The minimum Gasteiger partial charge on any atom is -0.392 e. The SMILES string of the molecule is CC(=O)c1cccc(C(=O)N2C[C@H]3CC[C@@H](C2)C3O)c1. The van der Waals surface area contributed by atoms with Crippen LogP contribution in [0.1, 0.15) is 40.5 Å². The Balaban J connectivity index is 1.80. The summed E-state index contributed by atoms with van der Waals surface area (Å²) in [5.41, 5.74) is 1.13. The van der Waals surface area contributed by atoms with Crippen molar-refractivity contribution in [1.29, 1.82) is 0 Å². The predicted octanol–water partition coefficient (Wildman–Crippen LogP) is 1.73. The Hall–Kier alpha value is -1.68. The van der Waals surface area contributed by atoms with Gasteiger partial charge in [0.25, 0.3) is 5.91 Å². The van der Waals surface area contributed by atoms with E-state index in [1.165, 1.54) is 6.92 Å². The van der Waals surface area contributed by atoms with E-state index in [1.54, 1.807) is 24.3 Å². The first kappa shape index (κ1) is 13.3. The number of likely N-dealkylation sites (tertiary alicyclic amines) is 1. The lowest BCUT2D eigenvalue weighted by atomic mass is 9.94. The van der Waals surface area contributed by atoms with E-state index < -0.39 is 0 Å². The van der Waals surface area contributed by atoms with Crippen LogP contribution in [0.15, 0.2) is 24.3 Å². The van der Waals surface area contributed by atoms with E-state index in [-0.39, 0.29) is 29.6 Å². The Morgan fingerprint density at radius 1 is 1.15 bits per heavy atom. The molecule has 106 valence electrons. The van der Waals surface area contributed by atoms with Gasteiger partial charge in [-0.15, -0.1) is 0 Å². The molecule has 1 aliphatic heterocycles. The minimum atomic E-state index is -0.248. The van der Waals surface area contributed by atoms with Crippen LogP contribution in [0.3, 0.4) is 0 Å². The summed E-state index contributed by atoms with van der Waals surface area (Å²) in [4.78, 5) is 25.8. The summed E-state index contributed by atoms with van der Waals surface area (Å²) in [5, 5.41) is 10.0. The molecule has 2 bridgehead atoms. The molecule has 1 heterocycles. The number of fused-ring (bicyclic) bond motifs is 2. The first-order valence-corrected chi connectivity index (χ1v) is 7.14. The van der Waals surface area contributed by atoms with Gasteiger partial charge < -0.3 is 10.0 Å². The van der Waals surface area contributed by atoms with Gasteiger partial charge in [-0.3, -0.25) is 9.59 Å². The molecular formula is C16H19NO3. The zero-order chi connectivity index (χ0) is 14.3. The summed E-state index contributed by atoms with van der Waals surface area (Å²) in [7, 11) is 0. The summed E-state index contributed by atoms with van der Waals surface area (Å²) in [6.45, 7) is 2.75. The average molecular weight is 273 g/mol. The number of aliphatic hydroxyl groups is 1. The smallest absolute Gasteiger partial charge is 0.253 e. The highest BCUT2D eigenvalue weighted by Crippen LogP contribution is 2.37. The van der Waals surface area contributed by atoms with Gasteiger partial charge in [0.2, 0.25) is 0 Å². The molecule has 1 N–H and O–H groups in total. The first-order valence-electron chi connectivity index (χ1n) is 7.14. The van der Waals surface area contributed by atoms with Gasteiger partial charge in [0.05, 0.1) is 6.10 Å². The maximum absolute atomic E-state index is 12.5. The molecule has 2 aliphatic rings. The topological polar surface area (TPSA) is 57.6 Å². The van der Waals surface area contributed by atoms with E-state index in [9.17, 15) is 14.7 Å². The first-order chi connectivity index (χ1) is 9.56. The fourth-order valence-corrected chi connectivity index (χ4v) is 3.41. The molecule has 4 nitrogen and oxygen atoms in total. The zero-order valence-corrected chi connectivity index (χ0v) is 11.6. The molecule has 2 fully saturated rings. The van der Waals surface area contributed by atoms with Gasteiger partial charge in [-0.2, -0.15) is 0 Å². The third-order valence-electron chi connectivity index (χ3n) is 4.59. The van der Waals surface area contributed by atoms with Crippen LogP contribution in [0.2, 0.25) is 0 Å². The van der Waals surface area contributed by atoms with Crippen LogP contribution >= 0.6 is 0 Å². The number of Topliss-reactive ketones (excluding diaryl/α,β-unsaturated/α-hetero) is 1. The number of ketones is 1. The number of rotatable bonds is 2. The molecule has 0 spiro atoms. The van der Waals surface area contributed by atoms with Gasteiger partial charge in [0.15, 0.2) is 5.78 Å². The summed E-state index contributed by atoms with van der Waals surface area (Å²) < 4.78 is 0. The molecule has 1 saturated carbocycles. The number of hydrogen-bond donors (Lipinski definition) is 1. The van der Waals surface area contributed by atoms with Crippen molar-refractivity contribution in [2.45, 2.75) is 25.9 Å². The van der Waals surface area contributed by atoms with Crippen LogP contribution in [-0.4, -0.2) is 40.9 Å². The van der Waals surface area contributed by atoms with Crippen LogP contribution in [0.25, 0.3) is 0 Å². The van der Waals surface area contributed by atoms with E-state index in [0.717, 1.165) is 12.8 Å². The number of benzene rings is 1. The van der Waals surface area contributed by atoms with Crippen molar-refractivity contribution in [3.8, 4) is 0 Å². The van der Waals surface area contributed by atoms with Crippen LogP contribution in [0, 0.1) is 11.8 Å². The number of carbonyl (C=O) groups excluding carboxylic acids is 2. The highest BCUT2D eigenvalue weighted by atomic mass is 16.3. The summed E-state index contributed by atoms with van der Waals surface area (Å²) in [5.74, 6) is 0.369. The summed E-state index contributed by atoms with van der Waals surface area (Å²) in [6.07, 6.45) is 1.76. The monoisotopic (exact) mass is 273 g/mol.